The topological polar surface area (TPSA) is 41.6 Å². The molecule has 1 aromatic carbocycles. The van der Waals surface area contributed by atoms with Crippen LogP contribution < -0.4 is 0 Å². The maximum atomic E-state index is 9.02. The van der Waals surface area contributed by atoms with Gasteiger partial charge in [0.15, 0.2) is 0 Å². The van der Waals surface area contributed by atoms with Crippen LogP contribution in [0.15, 0.2) is 24.3 Å². The van der Waals surface area contributed by atoms with Crippen LogP contribution in [-0.4, -0.2) is 15.3 Å². The monoisotopic (exact) mass is 287 g/mol. The van der Waals surface area contributed by atoms with Crippen LogP contribution in [0.2, 0.25) is 0 Å². The van der Waals surface area contributed by atoms with Gasteiger partial charge in [-0.25, -0.2) is 4.98 Å². The highest BCUT2D eigenvalue weighted by Crippen LogP contribution is 2.32. The third-order valence-electron chi connectivity index (χ3n) is 4.30. The van der Waals surface area contributed by atoms with Crippen molar-refractivity contribution in [2.45, 2.75) is 39.7 Å². The summed E-state index contributed by atoms with van der Waals surface area (Å²) in [4.78, 5) is 4.60. The largest absolute Gasteiger partial charge is 0.327 e. The maximum Gasteiger partial charge on any atom is 0.124 e. The molecule has 106 valence electrons. The van der Waals surface area contributed by atoms with Gasteiger partial charge in [0.05, 0.1) is 23.5 Å². The Kier molecular flexibility index (Phi) is 4.72. The van der Waals surface area contributed by atoms with E-state index in [9.17, 15) is 0 Å². The van der Waals surface area contributed by atoms with E-state index >= 15 is 0 Å². The Hall–Kier alpha value is -1.47. The van der Waals surface area contributed by atoms with Crippen molar-refractivity contribution < 1.29 is 0 Å². The standard InChI is InChI=1S/C16H21N3S/c1-3-16(4-2,12-20)11-19-14-8-6-5-7-13(14)18-15(19)9-10-17/h5-8,20H,3-4,9,11-12H2,1-2H3. The first-order valence-corrected chi connectivity index (χ1v) is 7.75. The second-order valence-corrected chi connectivity index (χ2v) is 5.62. The van der Waals surface area contributed by atoms with E-state index in [1.54, 1.807) is 0 Å². The molecule has 0 unspecified atom stereocenters. The van der Waals surface area contributed by atoms with Crippen molar-refractivity contribution in [2.75, 3.05) is 5.75 Å². The summed E-state index contributed by atoms with van der Waals surface area (Å²) < 4.78 is 2.21. The number of hydrogen-bond donors (Lipinski definition) is 1. The first-order valence-electron chi connectivity index (χ1n) is 7.11. The quantitative estimate of drug-likeness (QED) is 0.820. The maximum absolute atomic E-state index is 9.02. The molecule has 4 heteroatoms. The van der Waals surface area contributed by atoms with Crippen molar-refractivity contribution in [3.05, 3.63) is 30.1 Å². The van der Waals surface area contributed by atoms with Crippen LogP contribution in [0.4, 0.5) is 0 Å². The number of fused-ring (bicyclic) bond motifs is 1. The fourth-order valence-corrected chi connectivity index (χ4v) is 3.14. The zero-order valence-electron chi connectivity index (χ0n) is 12.1. The molecule has 0 aliphatic rings. The Labute approximate surface area is 126 Å². The molecule has 0 bridgehead atoms. The Morgan fingerprint density at radius 2 is 2.00 bits per heavy atom. The minimum atomic E-state index is 0.163. The average Bonchev–Trinajstić information content (AvgIpc) is 2.83. The SMILES string of the molecule is CCC(CC)(CS)Cn1c(CC#N)nc2ccccc21. The molecular weight excluding hydrogens is 266 g/mol. The molecule has 2 rings (SSSR count). The van der Waals surface area contributed by atoms with E-state index in [0.717, 1.165) is 42.0 Å². The number of imidazole rings is 1. The summed E-state index contributed by atoms with van der Waals surface area (Å²) in [6.07, 6.45) is 2.50. The number of nitriles is 1. The molecule has 1 heterocycles. The highest BCUT2D eigenvalue weighted by atomic mass is 32.1. The van der Waals surface area contributed by atoms with E-state index in [0.29, 0.717) is 6.42 Å². The Morgan fingerprint density at radius 1 is 1.30 bits per heavy atom. The molecule has 0 radical (unpaired) electrons. The molecule has 0 spiro atoms. The van der Waals surface area contributed by atoms with Crippen LogP contribution in [0.5, 0.6) is 0 Å². The zero-order chi connectivity index (χ0) is 14.6. The van der Waals surface area contributed by atoms with E-state index in [2.05, 4.69) is 48.2 Å². The Bertz CT molecular complexity index is 612. The summed E-state index contributed by atoms with van der Waals surface area (Å²) in [5, 5.41) is 9.02. The number of para-hydroxylation sites is 2. The van der Waals surface area contributed by atoms with E-state index in [1.165, 1.54) is 0 Å². The van der Waals surface area contributed by atoms with Gasteiger partial charge < -0.3 is 4.57 Å². The fraction of sp³-hybridized carbons (Fsp3) is 0.500. The molecule has 0 N–H and O–H groups in total. The zero-order valence-corrected chi connectivity index (χ0v) is 13.0. The van der Waals surface area contributed by atoms with Gasteiger partial charge >= 0.3 is 0 Å². The van der Waals surface area contributed by atoms with E-state index in [1.807, 2.05) is 18.2 Å². The molecule has 0 saturated carbocycles. The summed E-state index contributed by atoms with van der Waals surface area (Å²) in [7, 11) is 0. The number of nitrogens with zero attached hydrogens (tertiary/aromatic N) is 3. The van der Waals surface area contributed by atoms with Gasteiger partial charge in [0, 0.05) is 6.54 Å². The first kappa shape index (κ1) is 14.9. The van der Waals surface area contributed by atoms with Crippen molar-refractivity contribution in [3.8, 4) is 6.07 Å². The molecule has 3 nitrogen and oxygen atoms in total. The van der Waals surface area contributed by atoms with Crippen molar-refractivity contribution in [1.29, 1.82) is 5.26 Å². The second-order valence-electron chi connectivity index (χ2n) is 5.30. The summed E-state index contributed by atoms with van der Waals surface area (Å²) in [5.74, 6) is 1.71. The first-order chi connectivity index (χ1) is 9.69. The van der Waals surface area contributed by atoms with Crippen molar-refractivity contribution in [3.63, 3.8) is 0 Å². The van der Waals surface area contributed by atoms with Crippen LogP contribution in [0.25, 0.3) is 11.0 Å². The molecule has 20 heavy (non-hydrogen) atoms. The van der Waals surface area contributed by atoms with Gasteiger partial charge in [0.1, 0.15) is 5.82 Å². The van der Waals surface area contributed by atoms with Gasteiger partial charge in [-0.05, 0) is 36.1 Å². The Balaban J connectivity index is 2.51. The van der Waals surface area contributed by atoms with E-state index < -0.39 is 0 Å². The van der Waals surface area contributed by atoms with E-state index in [-0.39, 0.29) is 5.41 Å². The predicted molar refractivity (Wildman–Crippen MR) is 85.9 cm³/mol. The Morgan fingerprint density at radius 3 is 2.60 bits per heavy atom. The number of hydrogen-bond acceptors (Lipinski definition) is 3. The third kappa shape index (κ3) is 2.69. The summed E-state index contributed by atoms with van der Waals surface area (Å²) >= 11 is 4.55. The predicted octanol–water partition coefficient (Wildman–Crippen LogP) is 3.84. The average molecular weight is 287 g/mol. The molecule has 0 aliphatic heterocycles. The number of benzene rings is 1. The van der Waals surface area contributed by atoms with Crippen molar-refractivity contribution >= 4 is 23.7 Å². The molecule has 1 aromatic heterocycles. The van der Waals surface area contributed by atoms with Gasteiger partial charge in [-0.3, -0.25) is 0 Å². The summed E-state index contributed by atoms with van der Waals surface area (Å²) in [5.41, 5.74) is 2.25. The van der Waals surface area contributed by atoms with Gasteiger partial charge in [-0.2, -0.15) is 17.9 Å². The van der Waals surface area contributed by atoms with Crippen LogP contribution in [-0.2, 0) is 13.0 Å². The second kappa shape index (κ2) is 6.32. The van der Waals surface area contributed by atoms with Gasteiger partial charge in [-0.15, -0.1) is 0 Å². The fourth-order valence-electron chi connectivity index (χ4n) is 2.59. The molecule has 0 saturated heterocycles. The highest BCUT2D eigenvalue weighted by molar-refractivity contribution is 7.80. The summed E-state index contributed by atoms with van der Waals surface area (Å²) in [6.45, 7) is 5.30. The normalized spacial score (nSPS) is 11.7. The lowest BCUT2D eigenvalue weighted by Gasteiger charge is -2.31. The molecular formula is C16H21N3S. The lowest BCUT2D eigenvalue weighted by Crippen LogP contribution is -2.28. The lowest BCUT2D eigenvalue weighted by atomic mass is 9.84. The van der Waals surface area contributed by atoms with Crippen molar-refractivity contribution in [2.24, 2.45) is 5.41 Å². The van der Waals surface area contributed by atoms with Gasteiger partial charge in [-0.1, -0.05) is 26.0 Å². The smallest absolute Gasteiger partial charge is 0.124 e. The highest BCUT2D eigenvalue weighted by Gasteiger charge is 2.27. The van der Waals surface area contributed by atoms with Crippen LogP contribution in [0, 0.1) is 16.7 Å². The number of aromatic nitrogens is 2. The van der Waals surface area contributed by atoms with Gasteiger partial charge in [0.25, 0.3) is 0 Å². The molecule has 0 amide bonds. The molecule has 0 atom stereocenters. The minimum Gasteiger partial charge on any atom is -0.327 e. The molecule has 0 aliphatic carbocycles. The third-order valence-corrected chi connectivity index (χ3v) is 4.97. The van der Waals surface area contributed by atoms with Gasteiger partial charge in [0.2, 0.25) is 0 Å². The van der Waals surface area contributed by atoms with Crippen LogP contribution in [0.1, 0.15) is 32.5 Å². The van der Waals surface area contributed by atoms with Crippen LogP contribution in [0.3, 0.4) is 0 Å². The van der Waals surface area contributed by atoms with Crippen molar-refractivity contribution in [1.82, 2.24) is 9.55 Å². The number of rotatable bonds is 6. The minimum absolute atomic E-state index is 0.163. The molecule has 0 fully saturated rings. The van der Waals surface area contributed by atoms with Crippen LogP contribution >= 0.6 is 12.6 Å². The summed E-state index contributed by atoms with van der Waals surface area (Å²) in [6, 6.07) is 10.3. The van der Waals surface area contributed by atoms with E-state index in [4.69, 9.17) is 5.26 Å². The lowest BCUT2D eigenvalue weighted by molar-refractivity contribution is 0.259. The molecule has 2 aromatic rings. The number of thiol groups is 1.